The lowest BCUT2D eigenvalue weighted by Gasteiger charge is -2.32. The number of carbonyl (C=O) groups excluding carboxylic acids is 2. The number of hydrogen-bond donors (Lipinski definition) is 1. The molecule has 2 rings (SSSR count). The van der Waals surface area contributed by atoms with E-state index in [4.69, 9.17) is 0 Å². The van der Waals surface area contributed by atoms with Gasteiger partial charge >= 0.3 is 6.18 Å². The van der Waals surface area contributed by atoms with E-state index in [0.717, 1.165) is 24.0 Å². The van der Waals surface area contributed by atoms with Crippen LogP contribution in [0.4, 0.5) is 18.9 Å². The third kappa shape index (κ3) is 7.97. The van der Waals surface area contributed by atoms with Gasteiger partial charge in [-0.25, -0.2) is 8.42 Å². The van der Waals surface area contributed by atoms with Crippen molar-refractivity contribution < 1.29 is 31.2 Å². The van der Waals surface area contributed by atoms with Gasteiger partial charge in [-0.05, 0) is 51.0 Å². The van der Waals surface area contributed by atoms with Crippen LogP contribution in [0.3, 0.4) is 0 Å². The second-order valence-corrected chi connectivity index (χ2v) is 10.7. The number of benzene rings is 2. The first-order chi connectivity index (χ1) is 16.6. The van der Waals surface area contributed by atoms with Crippen molar-refractivity contribution in [1.29, 1.82) is 0 Å². The molecule has 0 spiro atoms. The summed E-state index contributed by atoms with van der Waals surface area (Å²) < 4.78 is 65.4. The summed E-state index contributed by atoms with van der Waals surface area (Å²) in [6.07, 6.45) is -3.21. The zero-order chi connectivity index (χ0) is 27.3. The van der Waals surface area contributed by atoms with Gasteiger partial charge in [0.2, 0.25) is 21.8 Å². The number of aryl methyl sites for hydroxylation is 1. The Morgan fingerprint density at radius 1 is 1.06 bits per heavy atom. The molecule has 198 valence electrons. The van der Waals surface area contributed by atoms with E-state index < -0.39 is 46.2 Å². The summed E-state index contributed by atoms with van der Waals surface area (Å²) >= 11 is 0. The summed E-state index contributed by atoms with van der Waals surface area (Å²) in [6, 6.07) is 9.91. The third-order valence-electron chi connectivity index (χ3n) is 5.78. The van der Waals surface area contributed by atoms with E-state index in [-0.39, 0.29) is 18.3 Å². The van der Waals surface area contributed by atoms with Gasteiger partial charge < -0.3 is 10.2 Å². The molecule has 0 unspecified atom stereocenters. The fourth-order valence-electron chi connectivity index (χ4n) is 3.39. The Hall–Kier alpha value is -3.08. The maximum Gasteiger partial charge on any atom is 0.416 e. The first kappa shape index (κ1) is 29.2. The second kappa shape index (κ2) is 11.8. The van der Waals surface area contributed by atoms with Crippen molar-refractivity contribution in [1.82, 2.24) is 10.2 Å². The highest BCUT2D eigenvalue weighted by atomic mass is 32.2. The van der Waals surface area contributed by atoms with Crippen molar-refractivity contribution in [3.05, 3.63) is 65.2 Å². The van der Waals surface area contributed by atoms with Gasteiger partial charge in [0.15, 0.2) is 0 Å². The summed E-state index contributed by atoms with van der Waals surface area (Å²) in [4.78, 5) is 27.5. The predicted octanol–water partition coefficient (Wildman–Crippen LogP) is 4.11. The van der Waals surface area contributed by atoms with Crippen LogP contribution in [0.1, 0.15) is 43.9 Å². The van der Waals surface area contributed by atoms with Crippen molar-refractivity contribution in [2.45, 2.75) is 58.9 Å². The number of nitrogens with one attached hydrogen (secondary N) is 1. The molecule has 0 aliphatic heterocycles. The number of carbonyl (C=O) groups is 2. The molecule has 0 heterocycles. The first-order valence-corrected chi connectivity index (χ1v) is 13.3. The van der Waals surface area contributed by atoms with Crippen LogP contribution in [0.5, 0.6) is 0 Å². The molecule has 0 saturated heterocycles. The maximum absolute atomic E-state index is 13.4. The summed E-state index contributed by atoms with van der Waals surface area (Å²) in [5, 5.41) is 2.81. The van der Waals surface area contributed by atoms with E-state index in [1.807, 2.05) is 32.9 Å². The Balaban J connectivity index is 2.43. The molecule has 36 heavy (non-hydrogen) atoms. The van der Waals surface area contributed by atoms with Crippen LogP contribution in [0.15, 0.2) is 48.5 Å². The highest BCUT2D eigenvalue weighted by molar-refractivity contribution is 7.92. The number of hydrogen-bond acceptors (Lipinski definition) is 4. The number of halogens is 3. The molecule has 0 radical (unpaired) electrons. The number of sulfonamides is 1. The quantitative estimate of drug-likeness (QED) is 0.504. The summed E-state index contributed by atoms with van der Waals surface area (Å²) in [5.74, 6) is -1.15. The molecule has 11 heteroatoms. The molecule has 2 atom stereocenters. The van der Waals surface area contributed by atoms with Crippen LogP contribution in [-0.2, 0) is 32.3 Å². The first-order valence-electron chi connectivity index (χ1n) is 11.4. The number of nitrogens with zero attached hydrogens (tertiary/aromatic N) is 2. The van der Waals surface area contributed by atoms with Gasteiger partial charge in [0.1, 0.15) is 12.6 Å². The van der Waals surface area contributed by atoms with E-state index in [1.165, 1.54) is 17.9 Å². The minimum atomic E-state index is -4.69. The number of alkyl halides is 3. The molecule has 2 aromatic rings. The molecule has 2 amide bonds. The van der Waals surface area contributed by atoms with Gasteiger partial charge in [0.25, 0.3) is 0 Å². The zero-order valence-corrected chi connectivity index (χ0v) is 21.8. The summed E-state index contributed by atoms with van der Waals surface area (Å²) in [6.45, 7) is 6.37. The molecule has 0 saturated carbocycles. The lowest BCUT2D eigenvalue weighted by atomic mass is 10.1. The molecule has 0 aliphatic carbocycles. The van der Waals surface area contributed by atoms with Crippen LogP contribution in [-0.4, -0.2) is 50.0 Å². The third-order valence-corrected chi connectivity index (χ3v) is 6.92. The van der Waals surface area contributed by atoms with Crippen molar-refractivity contribution in [3.63, 3.8) is 0 Å². The molecule has 2 aromatic carbocycles. The SMILES string of the molecule is CC[C@H](C)NC(=O)[C@H](C)N(Cc1ccc(C)cc1)C(=O)CN(c1cccc(C(F)(F)F)c1)S(C)(=O)=O. The number of rotatable bonds is 10. The van der Waals surface area contributed by atoms with Gasteiger partial charge in [-0.15, -0.1) is 0 Å². The van der Waals surface area contributed by atoms with Gasteiger partial charge in [0, 0.05) is 12.6 Å². The largest absolute Gasteiger partial charge is 0.416 e. The van der Waals surface area contributed by atoms with Crippen LogP contribution in [0.2, 0.25) is 0 Å². The molecular formula is C25H32F3N3O4S. The van der Waals surface area contributed by atoms with E-state index in [1.54, 1.807) is 12.1 Å². The molecule has 0 aliphatic rings. The maximum atomic E-state index is 13.4. The lowest BCUT2D eigenvalue weighted by Crippen LogP contribution is -2.52. The highest BCUT2D eigenvalue weighted by Crippen LogP contribution is 2.32. The van der Waals surface area contributed by atoms with E-state index in [0.29, 0.717) is 22.4 Å². The Kier molecular flexibility index (Phi) is 9.53. The van der Waals surface area contributed by atoms with Crippen molar-refractivity contribution >= 4 is 27.5 Å². The van der Waals surface area contributed by atoms with Crippen LogP contribution >= 0.6 is 0 Å². The average Bonchev–Trinajstić information content (AvgIpc) is 2.80. The Morgan fingerprint density at radius 3 is 2.19 bits per heavy atom. The molecule has 0 bridgehead atoms. The number of anilines is 1. The topological polar surface area (TPSA) is 86.8 Å². The molecular weight excluding hydrogens is 495 g/mol. The highest BCUT2D eigenvalue weighted by Gasteiger charge is 2.33. The Labute approximate surface area is 210 Å². The van der Waals surface area contributed by atoms with Gasteiger partial charge in [-0.3, -0.25) is 13.9 Å². The second-order valence-electron chi connectivity index (χ2n) is 8.82. The minimum absolute atomic E-state index is 0.00833. The summed E-state index contributed by atoms with van der Waals surface area (Å²) in [7, 11) is -4.14. The van der Waals surface area contributed by atoms with Crippen LogP contribution in [0, 0.1) is 6.92 Å². The van der Waals surface area contributed by atoms with Gasteiger partial charge in [-0.2, -0.15) is 13.2 Å². The van der Waals surface area contributed by atoms with E-state index in [2.05, 4.69) is 5.32 Å². The van der Waals surface area contributed by atoms with Crippen molar-refractivity contribution in [2.75, 3.05) is 17.1 Å². The fourth-order valence-corrected chi connectivity index (χ4v) is 4.23. The average molecular weight is 528 g/mol. The van der Waals surface area contributed by atoms with Crippen molar-refractivity contribution in [3.8, 4) is 0 Å². The van der Waals surface area contributed by atoms with E-state index in [9.17, 15) is 31.2 Å². The standard InChI is InChI=1S/C25H32F3N3O4S/c1-6-18(3)29-24(33)19(4)30(15-20-12-10-17(2)11-13-20)23(32)16-31(36(5,34)35)22-9-7-8-21(14-22)25(26,27)28/h7-14,18-19H,6,15-16H2,1-5H3,(H,29,33)/t18-,19-/m0/s1. The van der Waals surface area contributed by atoms with Gasteiger partial charge in [0.05, 0.1) is 17.5 Å². The number of amides is 2. The van der Waals surface area contributed by atoms with Crippen LogP contribution < -0.4 is 9.62 Å². The minimum Gasteiger partial charge on any atom is -0.352 e. The molecule has 7 nitrogen and oxygen atoms in total. The van der Waals surface area contributed by atoms with Crippen LogP contribution in [0.25, 0.3) is 0 Å². The lowest BCUT2D eigenvalue weighted by molar-refractivity contribution is -0.139. The molecule has 0 fully saturated rings. The zero-order valence-electron chi connectivity index (χ0n) is 21.0. The Bertz CT molecular complexity index is 1170. The summed E-state index contributed by atoms with van der Waals surface area (Å²) in [5.41, 5.74) is 0.362. The van der Waals surface area contributed by atoms with Gasteiger partial charge in [-0.1, -0.05) is 42.8 Å². The van der Waals surface area contributed by atoms with E-state index >= 15 is 0 Å². The fraction of sp³-hybridized carbons (Fsp3) is 0.440. The molecule has 0 aromatic heterocycles. The Morgan fingerprint density at radius 2 is 1.67 bits per heavy atom. The smallest absolute Gasteiger partial charge is 0.352 e. The monoisotopic (exact) mass is 527 g/mol. The predicted molar refractivity (Wildman–Crippen MR) is 133 cm³/mol. The van der Waals surface area contributed by atoms with Crippen molar-refractivity contribution in [2.24, 2.45) is 0 Å². The normalized spacial score (nSPS) is 13.6. The molecule has 1 N–H and O–H groups in total.